The summed E-state index contributed by atoms with van der Waals surface area (Å²) in [6.45, 7) is 5.68. The van der Waals surface area contributed by atoms with Crippen molar-refractivity contribution in [2.45, 2.75) is 20.0 Å². The zero-order valence-corrected chi connectivity index (χ0v) is 21.5. The number of imide groups is 2. The van der Waals surface area contributed by atoms with Crippen LogP contribution in [-0.4, -0.2) is 25.0 Å². The number of aryl methyl sites for hydroxylation is 1. The van der Waals surface area contributed by atoms with E-state index in [4.69, 9.17) is 21.1 Å². The number of rotatable bonds is 8. The topological polar surface area (TPSA) is 84.9 Å². The van der Waals surface area contributed by atoms with Gasteiger partial charge < -0.3 is 9.47 Å². The van der Waals surface area contributed by atoms with Crippen LogP contribution in [0.2, 0.25) is 5.02 Å². The van der Waals surface area contributed by atoms with E-state index in [9.17, 15) is 18.8 Å². The van der Waals surface area contributed by atoms with E-state index in [-0.39, 0.29) is 23.7 Å². The Labute approximate surface area is 224 Å². The normalized spacial score (nSPS) is 14.5. The minimum atomic E-state index is -0.864. The van der Waals surface area contributed by atoms with Gasteiger partial charge in [0.05, 0.1) is 12.8 Å². The zero-order valence-electron chi connectivity index (χ0n) is 20.7. The van der Waals surface area contributed by atoms with Gasteiger partial charge >= 0.3 is 6.03 Å². The molecule has 194 valence electrons. The predicted octanol–water partition coefficient (Wildman–Crippen LogP) is 5.77. The van der Waals surface area contributed by atoms with E-state index < -0.39 is 17.8 Å². The van der Waals surface area contributed by atoms with Gasteiger partial charge in [0.25, 0.3) is 11.8 Å². The first-order valence-electron chi connectivity index (χ1n) is 11.6. The Morgan fingerprint density at radius 3 is 2.50 bits per heavy atom. The molecule has 0 unspecified atom stereocenters. The second kappa shape index (κ2) is 11.3. The number of barbiturate groups is 1. The number of urea groups is 1. The van der Waals surface area contributed by atoms with E-state index in [0.29, 0.717) is 39.6 Å². The molecule has 38 heavy (non-hydrogen) atoms. The summed E-state index contributed by atoms with van der Waals surface area (Å²) >= 11 is 6.09. The Hall–Kier alpha value is -4.43. The SMILES string of the molecule is C=CCc1cc(/C=C2\C(=O)NC(=O)N(c3cc(Cl)ccc3C)C2=O)cc(OC)c1OCc1ccc(F)cc1. The highest BCUT2D eigenvalue weighted by Gasteiger charge is 2.37. The van der Waals surface area contributed by atoms with Crippen molar-refractivity contribution in [2.24, 2.45) is 0 Å². The van der Waals surface area contributed by atoms with Crippen LogP contribution in [0.1, 0.15) is 22.3 Å². The van der Waals surface area contributed by atoms with Crippen LogP contribution in [0.4, 0.5) is 14.9 Å². The van der Waals surface area contributed by atoms with Crippen molar-refractivity contribution in [1.82, 2.24) is 5.32 Å². The smallest absolute Gasteiger partial charge is 0.335 e. The number of carbonyl (C=O) groups excluding carboxylic acids is 3. The molecule has 0 aliphatic carbocycles. The number of halogens is 2. The summed E-state index contributed by atoms with van der Waals surface area (Å²) in [6, 6.07) is 13.2. The van der Waals surface area contributed by atoms with Gasteiger partial charge in [0, 0.05) is 10.6 Å². The van der Waals surface area contributed by atoms with Crippen LogP contribution in [0.25, 0.3) is 6.08 Å². The largest absolute Gasteiger partial charge is 0.493 e. The Balaban J connectivity index is 1.71. The maximum atomic E-state index is 13.4. The number of amides is 4. The summed E-state index contributed by atoms with van der Waals surface area (Å²) in [7, 11) is 1.47. The minimum absolute atomic E-state index is 0.165. The van der Waals surface area contributed by atoms with Crippen molar-refractivity contribution in [3.05, 3.63) is 106 Å². The summed E-state index contributed by atoms with van der Waals surface area (Å²) < 4.78 is 24.8. The number of nitrogens with zero attached hydrogens (tertiary/aromatic N) is 1. The molecule has 3 aromatic carbocycles. The van der Waals surface area contributed by atoms with E-state index in [1.54, 1.807) is 49.4 Å². The minimum Gasteiger partial charge on any atom is -0.493 e. The lowest BCUT2D eigenvalue weighted by Crippen LogP contribution is -2.54. The molecule has 0 radical (unpaired) electrons. The van der Waals surface area contributed by atoms with Crippen LogP contribution >= 0.6 is 11.6 Å². The van der Waals surface area contributed by atoms with Crippen LogP contribution < -0.4 is 19.7 Å². The maximum absolute atomic E-state index is 13.4. The number of ether oxygens (including phenoxy) is 2. The standard InChI is InChI=1S/C29H24ClFN2O5/c1-4-5-20-12-19(14-25(37-3)26(20)38-16-18-7-10-22(31)11-8-18)13-23-27(34)32-29(36)33(28(23)35)24-15-21(30)9-6-17(24)2/h4,6-15H,1,5,16H2,2-3H3,(H,32,34,36)/b23-13+. The second-order valence-electron chi connectivity index (χ2n) is 8.51. The molecule has 9 heteroatoms. The number of hydrogen-bond acceptors (Lipinski definition) is 5. The summed E-state index contributed by atoms with van der Waals surface area (Å²) in [5.41, 5.74) is 2.58. The molecule has 1 fully saturated rings. The molecule has 0 spiro atoms. The first-order chi connectivity index (χ1) is 18.2. The fraction of sp³-hybridized carbons (Fsp3) is 0.138. The summed E-state index contributed by atoms with van der Waals surface area (Å²) in [5.74, 6) is -1.14. The number of anilines is 1. The van der Waals surface area contributed by atoms with Gasteiger partial charge in [0.15, 0.2) is 11.5 Å². The summed E-state index contributed by atoms with van der Waals surface area (Å²) in [6.07, 6.45) is 3.46. The van der Waals surface area contributed by atoms with Gasteiger partial charge in [-0.25, -0.2) is 14.1 Å². The highest BCUT2D eigenvalue weighted by Crippen LogP contribution is 2.36. The fourth-order valence-corrected chi connectivity index (χ4v) is 4.16. The highest BCUT2D eigenvalue weighted by molar-refractivity contribution is 6.39. The number of allylic oxidation sites excluding steroid dienone is 1. The van der Waals surface area contributed by atoms with Crippen LogP contribution in [0.5, 0.6) is 11.5 Å². The highest BCUT2D eigenvalue weighted by atomic mass is 35.5. The maximum Gasteiger partial charge on any atom is 0.335 e. The molecule has 1 aliphatic rings. The van der Waals surface area contributed by atoms with Crippen LogP contribution in [0.3, 0.4) is 0 Å². The third-order valence-electron chi connectivity index (χ3n) is 5.86. The molecule has 3 aromatic rings. The van der Waals surface area contributed by atoms with Gasteiger partial charge in [0.2, 0.25) is 0 Å². The van der Waals surface area contributed by atoms with E-state index in [0.717, 1.165) is 10.5 Å². The fourth-order valence-electron chi connectivity index (χ4n) is 3.99. The van der Waals surface area contributed by atoms with Crippen LogP contribution in [0, 0.1) is 12.7 Å². The third kappa shape index (κ3) is 5.60. The van der Waals surface area contributed by atoms with Crippen molar-refractivity contribution in [3.8, 4) is 11.5 Å². The Morgan fingerprint density at radius 1 is 1.08 bits per heavy atom. The Kier molecular flexibility index (Phi) is 7.93. The van der Waals surface area contributed by atoms with E-state index >= 15 is 0 Å². The third-order valence-corrected chi connectivity index (χ3v) is 6.09. The van der Waals surface area contributed by atoms with Crippen molar-refractivity contribution < 1.29 is 28.2 Å². The van der Waals surface area contributed by atoms with Crippen molar-refractivity contribution in [2.75, 3.05) is 12.0 Å². The average Bonchev–Trinajstić information content (AvgIpc) is 2.88. The molecule has 0 aromatic heterocycles. The molecule has 1 N–H and O–H groups in total. The molecule has 4 rings (SSSR count). The van der Waals surface area contributed by atoms with Crippen molar-refractivity contribution in [1.29, 1.82) is 0 Å². The summed E-state index contributed by atoms with van der Waals surface area (Å²) in [5, 5.41) is 2.55. The van der Waals surface area contributed by atoms with Crippen LogP contribution in [0.15, 0.2) is 72.8 Å². The number of carbonyl (C=O) groups is 3. The number of hydrogen-bond donors (Lipinski definition) is 1. The molecule has 0 saturated carbocycles. The Morgan fingerprint density at radius 2 is 1.82 bits per heavy atom. The van der Waals surface area contributed by atoms with E-state index in [1.807, 2.05) is 0 Å². The quantitative estimate of drug-likeness (QED) is 0.225. The predicted molar refractivity (Wildman–Crippen MR) is 143 cm³/mol. The molecule has 1 heterocycles. The molecule has 1 aliphatic heterocycles. The Bertz CT molecular complexity index is 1470. The first kappa shape index (κ1) is 26.6. The van der Waals surface area contributed by atoms with E-state index in [2.05, 4.69) is 11.9 Å². The monoisotopic (exact) mass is 534 g/mol. The van der Waals surface area contributed by atoms with Crippen LogP contribution in [-0.2, 0) is 22.6 Å². The van der Waals surface area contributed by atoms with Gasteiger partial charge in [-0.15, -0.1) is 6.58 Å². The lowest BCUT2D eigenvalue weighted by Gasteiger charge is -2.27. The lowest BCUT2D eigenvalue weighted by atomic mass is 10.0. The molecule has 7 nitrogen and oxygen atoms in total. The van der Waals surface area contributed by atoms with Crippen molar-refractivity contribution in [3.63, 3.8) is 0 Å². The molecule has 4 amide bonds. The lowest BCUT2D eigenvalue weighted by molar-refractivity contribution is -0.122. The zero-order chi connectivity index (χ0) is 27.4. The van der Waals surface area contributed by atoms with Gasteiger partial charge in [-0.3, -0.25) is 14.9 Å². The molecule has 1 saturated heterocycles. The van der Waals surface area contributed by atoms with Gasteiger partial charge in [0.1, 0.15) is 18.0 Å². The molecular weight excluding hydrogens is 511 g/mol. The van der Waals surface area contributed by atoms with Gasteiger partial charge in [-0.2, -0.15) is 0 Å². The van der Waals surface area contributed by atoms with Crippen molar-refractivity contribution >= 4 is 41.2 Å². The van der Waals surface area contributed by atoms with E-state index in [1.165, 1.54) is 31.4 Å². The van der Waals surface area contributed by atoms with Gasteiger partial charge in [-0.05, 0) is 72.5 Å². The average molecular weight is 535 g/mol. The van der Waals surface area contributed by atoms with Gasteiger partial charge in [-0.1, -0.05) is 35.9 Å². The summed E-state index contributed by atoms with van der Waals surface area (Å²) in [4.78, 5) is 39.5. The number of nitrogens with one attached hydrogen (secondary N) is 1. The number of benzene rings is 3. The molecular formula is C29H24ClFN2O5. The first-order valence-corrected chi connectivity index (χ1v) is 12.0. The second-order valence-corrected chi connectivity index (χ2v) is 8.94. The number of methoxy groups -OCH3 is 1. The molecule has 0 atom stereocenters. The molecule has 0 bridgehead atoms.